The third-order valence-electron chi connectivity index (χ3n) is 2.18. The van der Waals surface area contributed by atoms with Crippen LogP contribution >= 0.6 is 11.6 Å². The van der Waals surface area contributed by atoms with Gasteiger partial charge in [-0.1, -0.05) is 11.6 Å². The molecule has 1 heterocycles. The number of fused-ring (bicyclic) bond motifs is 1. The maximum atomic E-state index is 5.92. The molecule has 64 valence electrons. The largest absolute Gasteiger partial charge is 0.385 e. The average Bonchev–Trinajstić information content (AvgIpc) is 2.07. The second-order valence-electron chi connectivity index (χ2n) is 3.05. The minimum Gasteiger partial charge on any atom is -0.385 e. The SMILES string of the molecule is NC1CCNc2ccc(Cl)cc21. The van der Waals surface area contributed by atoms with Crippen molar-refractivity contribution in [2.75, 3.05) is 11.9 Å². The lowest BCUT2D eigenvalue weighted by molar-refractivity contribution is 0.655. The van der Waals surface area contributed by atoms with E-state index < -0.39 is 0 Å². The monoisotopic (exact) mass is 182 g/mol. The highest BCUT2D eigenvalue weighted by Gasteiger charge is 2.15. The zero-order valence-electron chi connectivity index (χ0n) is 6.68. The van der Waals surface area contributed by atoms with E-state index in [1.165, 1.54) is 0 Å². The molecule has 12 heavy (non-hydrogen) atoms. The van der Waals surface area contributed by atoms with Crippen LogP contribution in [0, 0.1) is 0 Å². The van der Waals surface area contributed by atoms with Gasteiger partial charge in [-0.15, -0.1) is 0 Å². The molecule has 2 nitrogen and oxygen atoms in total. The summed E-state index contributed by atoms with van der Waals surface area (Å²) in [5.41, 5.74) is 8.17. The van der Waals surface area contributed by atoms with Crippen molar-refractivity contribution in [1.82, 2.24) is 0 Å². The summed E-state index contributed by atoms with van der Waals surface area (Å²) in [6.07, 6.45) is 0.980. The van der Waals surface area contributed by atoms with Gasteiger partial charge < -0.3 is 11.1 Å². The van der Waals surface area contributed by atoms with Crippen LogP contribution in [0.25, 0.3) is 0 Å². The van der Waals surface area contributed by atoms with Gasteiger partial charge in [0.1, 0.15) is 0 Å². The van der Waals surface area contributed by atoms with Gasteiger partial charge in [0.15, 0.2) is 0 Å². The molecule has 0 spiro atoms. The molecule has 1 aromatic carbocycles. The van der Waals surface area contributed by atoms with Gasteiger partial charge in [-0.2, -0.15) is 0 Å². The molecule has 0 radical (unpaired) electrons. The zero-order valence-corrected chi connectivity index (χ0v) is 7.43. The number of hydrogen-bond acceptors (Lipinski definition) is 2. The predicted molar refractivity (Wildman–Crippen MR) is 51.5 cm³/mol. The normalized spacial score (nSPS) is 21.3. The number of nitrogens with one attached hydrogen (secondary N) is 1. The van der Waals surface area contributed by atoms with Gasteiger partial charge in [0, 0.05) is 23.3 Å². The molecule has 0 aromatic heterocycles. The van der Waals surface area contributed by atoms with Gasteiger partial charge in [0.05, 0.1) is 0 Å². The van der Waals surface area contributed by atoms with Crippen molar-refractivity contribution in [3.8, 4) is 0 Å². The standard InChI is InChI=1S/C9H11ClN2/c10-6-1-2-9-7(5-6)8(11)3-4-12-9/h1-2,5,8,12H,3-4,11H2. The molecule has 0 aliphatic carbocycles. The Balaban J connectivity index is 2.47. The summed E-state index contributed by atoms with van der Waals surface area (Å²) >= 11 is 5.86. The molecule has 3 N–H and O–H groups in total. The van der Waals surface area contributed by atoms with Gasteiger partial charge in [-0.3, -0.25) is 0 Å². The molecule has 1 atom stereocenters. The fraction of sp³-hybridized carbons (Fsp3) is 0.333. The quantitative estimate of drug-likeness (QED) is 0.646. The van der Waals surface area contributed by atoms with Gasteiger partial charge in [-0.25, -0.2) is 0 Å². The Hall–Kier alpha value is -0.730. The van der Waals surface area contributed by atoms with Crippen LogP contribution in [0.4, 0.5) is 5.69 Å². The van der Waals surface area contributed by atoms with Crippen LogP contribution in [0.2, 0.25) is 5.02 Å². The summed E-state index contributed by atoms with van der Waals surface area (Å²) in [6, 6.07) is 5.94. The first-order valence-electron chi connectivity index (χ1n) is 4.06. The highest BCUT2D eigenvalue weighted by atomic mass is 35.5. The van der Waals surface area contributed by atoms with Crippen LogP contribution in [-0.4, -0.2) is 6.54 Å². The molecule has 1 aliphatic heterocycles. The lowest BCUT2D eigenvalue weighted by Gasteiger charge is -2.23. The third-order valence-corrected chi connectivity index (χ3v) is 2.42. The minimum absolute atomic E-state index is 0.139. The minimum atomic E-state index is 0.139. The van der Waals surface area contributed by atoms with Crippen LogP contribution in [0.5, 0.6) is 0 Å². The Kier molecular flexibility index (Phi) is 1.95. The van der Waals surface area contributed by atoms with Crippen LogP contribution in [0.15, 0.2) is 18.2 Å². The molecule has 2 rings (SSSR count). The highest BCUT2D eigenvalue weighted by molar-refractivity contribution is 6.30. The van der Waals surface area contributed by atoms with Gasteiger partial charge in [0.25, 0.3) is 0 Å². The number of halogens is 1. The molecule has 1 aliphatic rings. The number of nitrogens with two attached hydrogens (primary N) is 1. The van der Waals surface area contributed by atoms with Crippen molar-refractivity contribution >= 4 is 17.3 Å². The second-order valence-corrected chi connectivity index (χ2v) is 3.49. The Morgan fingerprint density at radius 1 is 1.50 bits per heavy atom. The summed E-state index contributed by atoms with van der Waals surface area (Å²) in [5, 5.41) is 4.04. The first-order chi connectivity index (χ1) is 5.77. The molecular formula is C9H11ClN2. The summed E-state index contributed by atoms with van der Waals surface area (Å²) in [6.45, 7) is 0.954. The molecule has 0 amide bonds. The van der Waals surface area contributed by atoms with E-state index in [9.17, 15) is 0 Å². The second kappa shape index (κ2) is 2.96. The first kappa shape index (κ1) is 7.90. The van der Waals surface area contributed by atoms with Gasteiger partial charge >= 0.3 is 0 Å². The lowest BCUT2D eigenvalue weighted by Crippen LogP contribution is -2.22. The van der Waals surface area contributed by atoms with Crippen LogP contribution < -0.4 is 11.1 Å². The lowest BCUT2D eigenvalue weighted by atomic mass is 9.99. The molecular weight excluding hydrogens is 172 g/mol. The average molecular weight is 183 g/mol. The predicted octanol–water partition coefficient (Wildman–Crippen LogP) is 2.16. The topological polar surface area (TPSA) is 38.0 Å². The Bertz CT molecular complexity index is 299. The summed E-state index contributed by atoms with van der Waals surface area (Å²) in [4.78, 5) is 0. The van der Waals surface area contributed by atoms with E-state index in [1.807, 2.05) is 18.2 Å². The first-order valence-corrected chi connectivity index (χ1v) is 4.44. The van der Waals surface area contributed by atoms with Gasteiger partial charge in [-0.05, 0) is 30.2 Å². The van der Waals surface area contributed by atoms with Crippen molar-refractivity contribution in [1.29, 1.82) is 0 Å². The maximum absolute atomic E-state index is 5.92. The van der Waals surface area contributed by atoms with Crippen molar-refractivity contribution in [2.24, 2.45) is 5.73 Å². The van der Waals surface area contributed by atoms with E-state index in [1.54, 1.807) is 0 Å². The van der Waals surface area contributed by atoms with Crippen molar-refractivity contribution in [3.63, 3.8) is 0 Å². The van der Waals surface area contributed by atoms with Crippen molar-refractivity contribution in [3.05, 3.63) is 28.8 Å². The third kappa shape index (κ3) is 1.28. The molecule has 1 unspecified atom stereocenters. The molecule has 0 bridgehead atoms. The van der Waals surface area contributed by atoms with E-state index in [0.29, 0.717) is 0 Å². The van der Waals surface area contributed by atoms with Crippen molar-refractivity contribution < 1.29 is 0 Å². The van der Waals surface area contributed by atoms with Crippen LogP contribution in [0.3, 0.4) is 0 Å². The number of benzene rings is 1. The van der Waals surface area contributed by atoms with E-state index >= 15 is 0 Å². The Morgan fingerprint density at radius 3 is 3.17 bits per heavy atom. The van der Waals surface area contributed by atoms with E-state index in [2.05, 4.69) is 5.32 Å². The van der Waals surface area contributed by atoms with Crippen molar-refractivity contribution in [2.45, 2.75) is 12.5 Å². The molecule has 3 heteroatoms. The fourth-order valence-corrected chi connectivity index (χ4v) is 1.70. The summed E-state index contributed by atoms with van der Waals surface area (Å²) in [5.74, 6) is 0. The molecule has 0 saturated heterocycles. The van der Waals surface area contributed by atoms with Crippen LogP contribution in [0.1, 0.15) is 18.0 Å². The van der Waals surface area contributed by atoms with E-state index in [0.717, 1.165) is 29.2 Å². The van der Waals surface area contributed by atoms with E-state index in [4.69, 9.17) is 17.3 Å². The molecule has 0 saturated carbocycles. The van der Waals surface area contributed by atoms with Crippen LogP contribution in [-0.2, 0) is 0 Å². The van der Waals surface area contributed by atoms with E-state index in [-0.39, 0.29) is 6.04 Å². The number of rotatable bonds is 0. The Labute approximate surface area is 76.7 Å². The molecule has 1 aromatic rings. The zero-order chi connectivity index (χ0) is 8.55. The summed E-state index contributed by atoms with van der Waals surface area (Å²) < 4.78 is 0. The maximum Gasteiger partial charge on any atom is 0.0410 e. The Morgan fingerprint density at radius 2 is 2.33 bits per heavy atom. The smallest absolute Gasteiger partial charge is 0.0410 e. The number of anilines is 1. The molecule has 0 fully saturated rings. The highest BCUT2D eigenvalue weighted by Crippen LogP contribution is 2.30. The fourth-order valence-electron chi connectivity index (χ4n) is 1.52. The number of hydrogen-bond donors (Lipinski definition) is 2. The summed E-state index contributed by atoms with van der Waals surface area (Å²) in [7, 11) is 0. The van der Waals surface area contributed by atoms with Gasteiger partial charge in [0.2, 0.25) is 0 Å².